The molecule has 0 saturated heterocycles. The molecular weight excluding hydrogens is 379 g/mol. The third-order valence-electron chi connectivity index (χ3n) is 3.73. The lowest BCUT2D eigenvalue weighted by atomic mass is 10.1. The largest absolute Gasteiger partial charge is 0.359 e. The third-order valence-corrected chi connectivity index (χ3v) is 3.73. The third kappa shape index (κ3) is 5.48. The molecule has 5 nitrogen and oxygen atoms in total. The Morgan fingerprint density at radius 1 is 1.52 bits per heavy atom. The molecule has 1 aromatic rings. The second-order valence-corrected chi connectivity index (χ2v) is 5.83. The number of nitrogens with zero attached hydrogens (tertiary/aromatic N) is 2. The zero-order chi connectivity index (χ0) is 14.5. The Morgan fingerprint density at radius 3 is 2.86 bits per heavy atom. The van der Waals surface area contributed by atoms with E-state index in [1.165, 1.54) is 19.3 Å². The smallest absolute Gasteiger partial charge is 0.191 e. The zero-order valence-corrected chi connectivity index (χ0v) is 15.7. The molecule has 0 bridgehead atoms. The van der Waals surface area contributed by atoms with Gasteiger partial charge in [-0.2, -0.15) is 0 Å². The highest BCUT2D eigenvalue weighted by atomic mass is 127. The molecule has 2 rings (SSSR count). The van der Waals surface area contributed by atoms with E-state index in [2.05, 4.69) is 41.6 Å². The van der Waals surface area contributed by atoms with E-state index in [9.17, 15) is 0 Å². The minimum absolute atomic E-state index is 0. The van der Waals surface area contributed by atoms with Gasteiger partial charge in [-0.05, 0) is 24.7 Å². The number of hydrogen-bond donors (Lipinski definition) is 2. The standard InChI is InChI=1S/C15H26N4O.HI/c1-5-6-11-7-14(11)18-15(16-4)17-9-12-8-13(10(2)3)19-20-12;/h8,10-11,14H,5-7,9H2,1-4H3,(H2,16,17,18);1H. The van der Waals surface area contributed by atoms with Crippen LogP contribution in [0.1, 0.15) is 57.4 Å². The SMILES string of the molecule is CCCC1CC1NC(=NC)NCc1cc(C(C)C)no1.I. The fourth-order valence-corrected chi connectivity index (χ4v) is 2.34. The number of aromatic nitrogens is 1. The topological polar surface area (TPSA) is 62.5 Å². The van der Waals surface area contributed by atoms with Gasteiger partial charge >= 0.3 is 0 Å². The van der Waals surface area contributed by atoms with Crippen LogP contribution in [0.25, 0.3) is 0 Å². The first kappa shape index (κ1) is 18.3. The number of nitrogens with one attached hydrogen (secondary N) is 2. The highest BCUT2D eigenvalue weighted by Gasteiger charge is 2.36. The van der Waals surface area contributed by atoms with Crippen LogP contribution in [0.5, 0.6) is 0 Å². The normalized spacial score (nSPS) is 21.1. The summed E-state index contributed by atoms with van der Waals surface area (Å²) in [6.07, 6.45) is 3.81. The van der Waals surface area contributed by atoms with Crippen LogP contribution in [-0.4, -0.2) is 24.2 Å². The molecule has 0 spiro atoms. The van der Waals surface area contributed by atoms with Crippen molar-refractivity contribution in [3.05, 3.63) is 17.5 Å². The average molecular weight is 406 g/mol. The van der Waals surface area contributed by atoms with Crippen molar-refractivity contribution in [2.45, 2.75) is 58.5 Å². The molecule has 1 aliphatic carbocycles. The summed E-state index contributed by atoms with van der Waals surface area (Å²) in [6.45, 7) is 7.07. The molecule has 0 aromatic carbocycles. The van der Waals surface area contributed by atoms with Crippen molar-refractivity contribution in [3.8, 4) is 0 Å². The zero-order valence-electron chi connectivity index (χ0n) is 13.3. The first-order valence-electron chi connectivity index (χ1n) is 7.56. The number of hydrogen-bond acceptors (Lipinski definition) is 3. The summed E-state index contributed by atoms with van der Waals surface area (Å²) in [5, 5.41) is 10.8. The molecule has 6 heteroatoms. The van der Waals surface area contributed by atoms with E-state index in [1.54, 1.807) is 7.05 Å². The van der Waals surface area contributed by atoms with Crippen LogP contribution in [0.4, 0.5) is 0 Å². The van der Waals surface area contributed by atoms with E-state index >= 15 is 0 Å². The molecule has 1 heterocycles. The molecule has 1 aliphatic rings. The molecule has 2 N–H and O–H groups in total. The fraction of sp³-hybridized carbons (Fsp3) is 0.733. The molecule has 1 saturated carbocycles. The second kappa shape index (κ2) is 8.60. The molecule has 1 fully saturated rings. The van der Waals surface area contributed by atoms with E-state index in [-0.39, 0.29) is 24.0 Å². The number of halogens is 1. The van der Waals surface area contributed by atoms with Crippen molar-refractivity contribution in [3.63, 3.8) is 0 Å². The Hall–Kier alpha value is -0.790. The van der Waals surface area contributed by atoms with Crippen molar-refractivity contribution in [2.24, 2.45) is 10.9 Å². The van der Waals surface area contributed by atoms with Crippen LogP contribution in [0.2, 0.25) is 0 Å². The lowest BCUT2D eigenvalue weighted by molar-refractivity contribution is 0.372. The summed E-state index contributed by atoms with van der Waals surface area (Å²) in [5.41, 5.74) is 0.995. The minimum Gasteiger partial charge on any atom is -0.359 e. The maximum Gasteiger partial charge on any atom is 0.191 e. The summed E-state index contributed by atoms with van der Waals surface area (Å²) < 4.78 is 5.31. The Labute approximate surface area is 144 Å². The Kier molecular flexibility index (Phi) is 7.48. The van der Waals surface area contributed by atoms with Crippen molar-refractivity contribution >= 4 is 29.9 Å². The Morgan fingerprint density at radius 2 is 2.29 bits per heavy atom. The van der Waals surface area contributed by atoms with Crippen LogP contribution < -0.4 is 10.6 Å². The highest BCUT2D eigenvalue weighted by molar-refractivity contribution is 14.0. The fourth-order valence-electron chi connectivity index (χ4n) is 2.34. The van der Waals surface area contributed by atoms with Crippen molar-refractivity contribution < 1.29 is 4.52 Å². The van der Waals surface area contributed by atoms with Gasteiger partial charge in [0.2, 0.25) is 0 Å². The van der Waals surface area contributed by atoms with Gasteiger partial charge in [-0.1, -0.05) is 32.3 Å². The van der Waals surface area contributed by atoms with Gasteiger partial charge in [-0.25, -0.2) is 0 Å². The summed E-state index contributed by atoms with van der Waals surface area (Å²) in [5.74, 6) is 2.90. The summed E-state index contributed by atoms with van der Waals surface area (Å²) in [6, 6.07) is 2.59. The molecule has 2 unspecified atom stereocenters. The second-order valence-electron chi connectivity index (χ2n) is 5.83. The van der Waals surface area contributed by atoms with Crippen LogP contribution in [-0.2, 0) is 6.54 Å². The van der Waals surface area contributed by atoms with Gasteiger partial charge in [0.15, 0.2) is 11.7 Å². The van der Waals surface area contributed by atoms with Gasteiger partial charge < -0.3 is 15.2 Å². The van der Waals surface area contributed by atoms with Gasteiger partial charge in [0, 0.05) is 19.2 Å². The van der Waals surface area contributed by atoms with Crippen molar-refractivity contribution in [1.29, 1.82) is 0 Å². The maximum absolute atomic E-state index is 5.31. The number of aliphatic imine (C=N–C) groups is 1. The first-order chi connectivity index (χ1) is 9.63. The molecule has 21 heavy (non-hydrogen) atoms. The molecule has 1 aromatic heterocycles. The van der Waals surface area contributed by atoms with Crippen LogP contribution in [0, 0.1) is 5.92 Å². The predicted molar refractivity (Wildman–Crippen MR) is 96.1 cm³/mol. The minimum atomic E-state index is 0. The Bertz CT molecular complexity index is 458. The van der Waals surface area contributed by atoms with E-state index in [0.717, 1.165) is 23.3 Å². The van der Waals surface area contributed by atoms with Gasteiger partial charge in [-0.15, -0.1) is 24.0 Å². The number of rotatable bonds is 6. The van der Waals surface area contributed by atoms with Gasteiger partial charge in [-0.3, -0.25) is 4.99 Å². The van der Waals surface area contributed by atoms with Gasteiger partial charge in [0.05, 0.1) is 12.2 Å². The molecule has 2 atom stereocenters. The maximum atomic E-state index is 5.31. The molecule has 0 amide bonds. The average Bonchev–Trinajstić information content (AvgIpc) is 2.97. The molecule has 0 radical (unpaired) electrons. The number of guanidine groups is 1. The molecule has 0 aliphatic heterocycles. The van der Waals surface area contributed by atoms with Gasteiger partial charge in [0.1, 0.15) is 0 Å². The molecular formula is C15H27IN4O. The van der Waals surface area contributed by atoms with E-state index in [4.69, 9.17) is 4.52 Å². The lowest BCUT2D eigenvalue weighted by Crippen LogP contribution is -2.38. The van der Waals surface area contributed by atoms with Crippen LogP contribution in [0.15, 0.2) is 15.6 Å². The molecule has 120 valence electrons. The first-order valence-corrected chi connectivity index (χ1v) is 7.56. The van der Waals surface area contributed by atoms with E-state index in [1.807, 2.05) is 6.07 Å². The monoisotopic (exact) mass is 406 g/mol. The summed E-state index contributed by atoms with van der Waals surface area (Å²) >= 11 is 0. The van der Waals surface area contributed by atoms with Crippen LogP contribution >= 0.6 is 24.0 Å². The van der Waals surface area contributed by atoms with E-state index < -0.39 is 0 Å². The Balaban J connectivity index is 0.00000220. The highest BCUT2D eigenvalue weighted by Crippen LogP contribution is 2.34. The van der Waals surface area contributed by atoms with Crippen molar-refractivity contribution in [1.82, 2.24) is 15.8 Å². The summed E-state index contributed by atoms with van der Waals surface area (Å²) in [4.78, 5) is 4.25. The van der Waals surface area contributed by atoms with E-state index in [0.29, 0.717) is 18.5 Å². The van der Waals surface area contributed by atoms with Crippen LogP contribution in [0.3, 0.4) is 0 Å². The lowest BCUT2D eigenvalue weighted by Gasteiger charge is -2.10. The van der Waals surface area contributed by atoms with Gasteiger partial charge in [0.25, 0.3) is 0 Å². The van der Waals surface area contributed by atoms with Crippen molar-refractivity contribution in [2.75, 3.05) is 7.05 Å². The predicted octanol–water partition coefficient (Wildman–Crippen LogP) is 3.27. The summed E-state index contributed by atoms with van der Waals surface area (Å²) in [7, 11) is 1.80. The quantitative estimate of drug-likeness (QED) is 0.433.